The van der Waals surface area contributed by atoms with E-state index in [-0.39, 0.29) is 22.4 Å². The number of carbonyl (C=O) groups is 2. The molecule has 1 spiro atoms. The summed E-state index contributed by atoms with van der Waals surface area (Å²) in [5, 5.41) is 0. The number of alkyl halides is 2. The van der Waals surface area contributed by atoms with E-state index >= 15 is 0 Å². The molecule has 2 aromatic rings. The van der Waals surface area contributed by atoms with Crippen LogP contribution in [0, 0.1) is 12.3 Å². The molecule has 9 heteroatoms. The van der Waals surface area contributed by atoms with Gasteiger partial charge in [0.1, 0.15) is 5.75 Å². The highest BCUT2D eigenvalue weighted by Gasteiger charge is 2.45. The minimum Gasteiger partial charge on any atom is -0.493 e. The third kappa shape index (κ3) is 7.79. The zero-order valence-electron chi connectivity index (χ0n) is 26.1. The van der Waals surface area contributed by atoms with Gasteiger partial charge >= 0.3 is 0 Å². The van der Waals surface area contributed by atoms with Crippen LogP contribution in [-0.2, 0) is 33.4 Å². The number of halogens is 2. The summed E-state index contributed by atoms with van der Waals surface area (Å²) >= 11 is 0. The van der Waals surface area contributed by atoms with Gasteiger partial charge < -0.3 is 14.4 Å². The predicted molar refractivity (Wildman–Crippen MR) is 176 cm³/mol. The molecule has 2 heterocycles. The second kappa shape index (κ2) is 14.1. The van der Waals surface area contributed by atoms with Crippen molar-refractivity contribution >= 4 is 20.7 Å². The molecule has 1 aliphatic carbocycles. The van der Waals surface area contributed by atoms with E-state index in [2.05, 4.69) is 33.2 Å². The highest BCUT2D eigenvalue weighted by molar-refractivity contribution is 7.41. The van der Waals surface area contributed by atoms with Crippen LogP contribution in [0.4, 0.5) is 8.78 Å². The maximum absolute atomic E-state index is 13.8. The van der Waals surface area contributed by atoms with E-state index in [1.807, 2.05) is 37.0 Å². The Hall–Kier alpha value is -3.19. The zero-order valence-corrected chi connectivity index (χ0v) is 27.3. The van der Waals surface area contributed by atoms with Gasteiger partial charge in [0.25, 0.3) is 0 Å². The first-order valence-electron chi connectivity index (χ1n) is 15.6. The van der Waals surface area contributed by atoms with Gasteiger partial charge in [-0.05, 0) is 85.7 Å². The molecule has 2 saturated heterocycles. The number of rotatable bonds is 11. The zero-order chi connectivity index (χ0) is 32.2. The van der Waals surface area contributed by atoms with Gasteiger partial charge in [-0.15, -0.1) is 0 Å². The van der Waals surface area contributed by atoms with Gasteiger partial charge in [0.15, 0.2) is 11.4 Å². The fraction of sp³-hybridized carbons (Fsp3) is 0.417. The summed E-state index contributed by atoms with van der Waals surface area (Å²) in [5.41, 5.74) is 4.99. The Bertz CT molecular complexity index is 1500. The molecule has 240 valence electrons. The summed E-state index contributed by atoms with van der Waals surface area (Å²) in [6.07, 6.45) is 10.5. The molecule has 6 nitrogen and oxygen atoms in total. The number of nitrogens with zero attached hydrogens (tertiary/aromatic N) is 2. The lowest BCUT2D eigenvalue weighted by atomic mass is 9.77. The molecule has 2 aromatic carbocycles. The lowest BCUT2D eigenvalue weighted by molar-refractivity contribution is -0.126. The van der Waals surface area contributed by atoms with Crippen molar-refractivity contribution in [2.24, 2.45) is 5.41 Å². The molecule has 0 bridgehead atoms. The molecule has 2 aliphatic heterocycles. The van der Waals surface area contributed by atoms with Crippen molar-refractivity contribution < 1.29 is 27.8 Å². The summed E-state index contributed by atoms with van der Waals surface area (Å²) in [7, 11) is 2.20. The van der Waals surface area contributed by atoms with Crippen molar-refractivity contribution in [3.05, 3.63) is 95.6 Å². The van der Waals surface area contributed by atoms with Crippen molar-refractivity contribution in [2.45, 2.75) is 58.6 Å². The normalized spacial score (nSPS) is 18.6. The highest BCUT2D eigenvalue weighted by atomic mass is 31.0. The van der Waals surface area contributed by atoms with Crippen LogP contribution in [0.15, 0.2) is 72.0 Å². The molecular weight excluding hydrogens is 593 g/mol. The first kappa shape index (κ1) is 33.2. The Morgan fingerprint density at radius 2 is 1.82 bits per heavy atom. The van der Waals surface area contributed by atoms with Crippen LogP contribution in [0.3, 0.4) is 0 Å². The molecule has 3 aliphatic rings. The van der Waals surface area contributed by atoms with Gasteiger partial charge in [0, 0.05) is 49.4 Å². The second-order valence-electron chi connectivity index (χ2n) is 12.2. The molecular formula is C36H42F2N2O4P-. The lowest BCUT2D eigenvalue weighted by Gasteiger charge is -2.39. The van der Waals surface area contributed by atoms with E-state index in [9.17, 15) is 18.4 Å². The number of likely N-dealkylation sites (tertiary alicyclic amines) is 2. The van der Waals surface area contributed by atoms with Gasteiger partial charge in [-0.3, -0.25) is 21.4 Å². The molecule has 1 atom stereocenters. The molecule has 1 amide bonds. The van der Waals surface area contributed by atoms with Gasteiger partial charge in [-0.2, -0.15) is 0 Å². The largest absolute Gasteiger partial charge is 0.493 e. The maximum atomic E-state index is 13.8. The van der Waals surface area contributed by atoms with Crippen LogP contribution in [0.2, 0.25) is 0 Å². The molecule has 0 saturated carbocycles. The molecule has 2 fully saturated rings. The fourth-order valence-electron chi connectivity index (χ4n) is 6.55. The summed E-state index contributed by atoms with van der Waals surface area (Å²) in [6, 6.07) is 10.4. The van der Waals surface area contributed by atoms with Crippen LogP contribution >= 0.6 is 9.24 Å². The summed E-state index contributed by atoms with van der Waals surface area (Å²) in [5.74, 6) is -2.30. The number of allylic oxidation sites excluding steroid dienone is 5. The Labute approximate surface area is 267 Å². The van der Waals surface area contributed by atoms with Crippen LogP contribution in [0.1, 0.15) is 56.2 Å². The van der Waals surface area contributed by atoms with E-state index < -0.39 is 5.92 Å². The Morgan fingerprint density at radius 1 is 1.09 bits per heavy atom. The quantitative estimate of drug-likeness (QED) is 0.193. The van der Waals surface area contributed by atoms with Gasteiger partial charge in [0.05, 0.1) is 13.2 Å². The van der Waals surface area contributed by atoms with Crippen molar-refractivity contribution in [3.63, 3.8) is 0 Å². The monoisotopic (exact) mass is 635 g/mol. The Balaban J connectivity index is 1.31. The smallest absolute Gasteiger partial charge is 0.227 e. The predicted octanol–water partition coefficient (Wildman–Crippen LogP) is 7.20. The van der Waals surface area contributed by atoms with E-state index in [1.165, 1.54) is 12.1 Å². The maximum Gasteiger partial charge on any atom is 0.227 e. The van der Waals surface area contributed by atoms with Crippen LogP contribution < -0.4 is 4.74 Å². The number of amides is 1. The summed E-state index contributed by atoms with van der Waals surface area (Å²) < 4.78 is 39.5. The molecule has 0 N–H and O–H groups in total. The third-order valence-electron chi connectivity index (χ3n) is 8.96. The molecule has 45 heavy (non-hydrogen) atoms. The third-order valence-corrected chi connectivity index (χ3v) is 9.29. The number of hydrogen-bond acceptors (Lipinski definition) is 5. The van der Waals surface area contributed by atoms with Crippen LogP contribution in [-0.4, -0.2) is 54.1 Å². The number of hydrogen-bond donors (Lipinski definition) is 0. The highest BCUT2D eigenvalue weighted by Crippen LogP contribution is 2.44. The van der Waals surface area contributed by atoms with Crippen molar-refractivity contribution in [3.8, 4) is 16.9 Å². The van der Waals surface area contributed by atoms with Gasteiger partial charge in [-0.1, -0.05) is 51.7 Å². The number of benzene rings is 2. The molecule has 0 radical (unpaired) electrons. The van der Waals surface area contributed by atoms with Crippen LogP contribution in [0.5, 0.6) is 5.75 Å². The summed E-state index contributed by atoms with van der Waals surface area (Å²) in [4.78, 5) is 29.3. The minimum atomic E-state index is -3.16. The van der Waals surface area contributed by atoms with Crippen molar-refractivity contribution in [2.75, 3.05) is 32.8 Å². The van der Waals surface area contributed by atoms with E-state index in [0.29, 0.717) is 50.5 Å². The van der Waals surface area contributed by atoms with Crippen LogP contribution in [0.25, 0.3) is 11.1 Å². The molecule has 5 rings (SSSR count). The second-order valence-corrected chi connectivity index (χ2v) is 12.7. The minimum absolute atomic E-state index is 0.0507. The van der Waals surface area contributed by atoms with Crippen molar-refractivity contribution in [1.82, 2.24) is 9.80 Å². The number of ether oxygens (including phenoxy) is 2. The van der Waals surface area contributed by atoms with Gasteiger partial charge in [0.2, 0.25) is 5.91 Å². The molecule has 1 unspecified atom stereocenters. The van der Waals surface area contributed by atoms with E-state index in [4.69, 9.17) is 9.47 Å². The Morgan fingerprint density at radius 3 is 2.47 bits per heavy atom. The Kier molecular flexibility index (Phi) is 10.4. The lowest BCUT2D eigenvalue weighted by Crippen LogP contribution is -2.41. The van der Waals surface area contributed by atoms with Gasteiger partial charge in [-0.25, -0.2) is 8.78 Å². The first-order valence-corrected chi connectivity index (χ1v) is 16.2. The summed E-state index contributed by atoms with van der Waals surface area (Å²) in [6.45, 7) is 11.4. The van der Waals surface area contributed by atoms with E-state index in [0.717, 1.165) is 60.4 Å². The fourth-order valence-corrected chi connectivity index (χ4v) is 6.74. The average Bonchev–Trinajstić information content (AvgIpc) is 3.15. The first-order chi connectivity index (χ1) is 21.5. The number of carbonyl (C=O) groups excluding carboxylic acids is 2. The SMILES string of the molecule is [CH2-]C(F)(F)c1ccc(-c2c(COCC)cc(CN3CCC4(CC3)CC(=O)N(C3=CC=C(C(=O)P)C=CC3)C4)cc2OCC)cc1. The average molecular weight is 636 g/mol. The van der Waals surface area contributed by atoms with Crippen molar-refractivity contribution in [1.29, 1.82) is 0 Å². The molecule has 0 aromatic heterocycles. The topological polar surface area (TPSA) is 59.1 Å². The number of piperidine rings is 1. The van der Waals surface area contributed by atoms with E-state index in [1.54, 1.807) is 18.2 Å². The standard InChI is InChI=1S/C36H42F2N2O4P/c1-4-43-23-28-19-25(20-31(44-5-2)33(28)26-9-12-29(13-10-26)35(3,37)38)22-39-17-15-36(16-18-39)21-32(41)40(24-36)30-8-6-7-27(11-14-30)34(42)45/h6-7,9-14,19-20H,3-5,8,15-18,21-24,45H2,1-2H3/q-1.